The second-order valence-electron chi connectivity index (χ2n) is 8.09. The molecule has 1 saturated heterocycles. The third-order valence-corrected chi connectivity index (χ3v) is 5.86. The molecule has 3 aromatic rings. The van der Waals surface area contributed by atoms with E-state index in [1.165, 1.54) is 24.3 Å². The Labute approximate surface area is 197 Å². The maximum atomic E-state index is 12.9. The second kappa shape index (κ2) is 10.6. The molecule has 0 unspecified atom stereocenters. The summed E-state index contributed by atoms with van der Waals surface area (Å²) in [6, 6.07) is 16.8. The van der Waals surface area contributed by atoms with E-state index in [9.17, 15) is 19.7 Å². The number of anilines is 1. The Balaban J connectivity index is 1.33. The Bertz CT molecular complexity index is 1160. The molecule has 0 bridgehead atoms. The Morgan fingerprint density at radius 3 is 2.32 bits per heavy atom. The zero-order valence-corrected chi connectivity index (χ0v) is 18.5. The fraction of sp³-hybridized carbons (Fsp3) is 0.240. The number of non-ortho nitro benzene ring substituents is 1. The van der Waals surface area contributed by atoms with Crippen molar-refractivity contribution in [2.24, 2.45) is 0 Å². The highest BCUT2D eigenvalue weighted by molar-refractivity contribution is 5.99. The van der Waals surface area contributed by atoms with Gasteiger partial charge in [-0.1, -0.05) is 12.1 Å². The molecular formula is C25H25N5O4. The summed E-state index contributed by atoms with van der Waals surface area (Å²) in [6.45, 7) is 1.81. The molecule has 9 heteroatoms. The lowest BCUT2D eigenvalue weighted by molar-refractivity contribution is -0.384. The molecule has 174 valence electrons. The average Bonchev–Trinajstić information content (AvgIpc) is 2.88. The monoisotopic (exact) mass is 459 g/mol. The Hall–Kier alpha value is -4.27. The Kier molecular flexibility index (Phi) is 7.12. The van der Waals surface area contributed by atoms with E-state index in [1.54, 1.807) is 12.4 Å². The van der Waals surface area contributed by atoms with Crippen LogP contribution in [0.4, 0.5) is 11.4 Å². The van der Waals surface area contributed by atoms with Gasteiger partial charge in [0.1, 0.15) is 0 Å². The van der Waals surface area contributed by atoms with Crippen molar-refractivity contribution in [1.29, 1.82) is 0 Å². The smallest absolute Gasteiger partial charge is 0.269 e. The maximum Gasteiger partial charge on any atom is 0.269 e. The van der Waals surface area contributed by atoms with E-state index in [-0.39, 0.29) is 23.5 Å². The number of carbonyl (C=O) groups excluding carboxylic acids is 2. The zero-order valence-electron chi connectivity index (χ0n) is 18.5. The number of piperidine rings is 1. The largest absolute Gasteiger partial charge is 0.371 e. The van der Waals surface area contributed by atoms with Crippen LogP contribution in [0.5, 0.6) is 0 Å². The molecule has 1 aliphatic heterocycles. The molecule has 0 atom stereocenters. The summed E-state index contributed by atoms with van der Waals surface area (Å²) in [5.41, 5.74) is 2.81. The first-order chi connectivity index (χ1) is 16.5. The number of para-hydroxylation sites is 1. The topological polar surface area (TPSA) is 117 Å². The molecule has 4 rings (SSSR count). The minimum atomic E-state index is -0.491. The molecule has 0 aliphatic carbocycles. The van der Waals surface area contributed by atoms with Crippen LogP contribution in [0.2, 0.25) is 0 Å². The minimum absolute atomic E-state index is 0.00776. The third kappa shape index (κ3) is 5.55. The molecular weight excluding hydrogens is 434 g/mol. The molecule has 2 aromatic carbocycles. The fourth-order valence-corrected chi connectivity index (χ4v) is 3.99. The van der Waals surface area contributed by atoms with Crippen molar-refractivity contribution in [3.05, 3.63) is 99.9 Å². The van der Waals surface area contributed by atoms with Crippen LogP contribution in [0.15, 0.2) is 73.1 Å². The first kappa shape index (κ1) is 22.9. The minimum Gasteiger partial charge on any atom is -0.371 e. The van der Waals surface area contributed by atoms with Gasteiger partial charge in [-0.15, -0.1) is 0 Å². The number of benzene rings is 2. The van der Waals surface area contributed by atoms with Crippen LogP contribution >= 0.6 is 0 Å². The van der Waals surface area contributed by atoms with E-state index in [0.717, 1.165) is 24.1 Å². The maximum absolute atomic E-state index is 12.9. The number of nitro benzene ring substituents is 1. The van der Waals surface area contributed by atoms with Crippen molar-refractivity contribution >= 4 is 23.2 Å². The molecule has 2 N–H and O–H groups in total. The average molecular weight is 460 g/mol. The molecule has 2 amide bonds. The molecule has 0 spiro atoms. The van der Waals surface area contributed by atoms with Crippen LogP contribution in [-0.2, 0) is 6.54 Å². The van der Waals surface area contributed by atoms with Crippen molar-refractivity contribution in [2.75, 3.05) is 18.0 Å². The van der Waals surface area contributed by atoms with E-state index in [0.29, 0.717) is 30.8 Å². The van der Waals surface area contributed by atoms with Crippen LogP contribution in [0.1, 0.15) is 39.1 Å². The van der Waals surface area contributed by atoms with Gasteiger partial charge in [-0.3, -0.25) is 24.7 Å². The summed E-state index contributed by atoms with van der Waals surface area (Å²) in [7, 11) is 0. The molecule has 1 fully saturated rings. The van der Waals surface area contributed by atoms with Gasteiger partial charge in [-0.2, -0.15) is 0 Å². The first-order valence-electron chi connectivity index (χ1n) is 11.1. The number of nitrogens with zero attached hydrogens (tertiary/aromatic N) is 3. The van der Waals surface area contributed by atoms with Crippen molar-refractivity contribution < 1.29 is 14.5 Å². The Morgan fingerprint density at radius 1 is 0.971 bits per heavy atom. The van der Waals surface area contributed by atoms with Gasteiger partial charge in [0.05, 0.1) is 10.5 Å². The number of nitro groups is 1. The second-order valence-corrected chi connectivity index (χ2v) is 8.09. The van der Waals surface area contributed by atoms with Gasteiger partial charge in [0.15, 0.2) is 0 Å². The van der Waals surface area contributed by atoms with Crippen LogP contribution < -0.4 is 15.5 Å². The number of hydrogen-bond donors (Lipinski definition) is 2. The highest BCUT2D eigenvalue weighted by atomic mass is 16.6. The molecule has 2 heterocycles. The van der Waals surface area contributed by atoms with Crippen LogP contribution in [0.25, 0.3) is 0 Å². The standard InChI is InChI=1S/C25H25N5O4/c31-24(19-5-7-21(8-6-19)30(33)34)28-20-11-15-29(16-12-20)23-4-2-1-3-22(23)25(32)27-17-18-9-13-26-14-10-18/h1-10,13-14,20H,11-12,15-17H2,(H,27,32)(H,28,31). The quantitative estimate of drug-likeness (QED) is 0.413. The lowest BCUT2D eigenvalue weighted by Crippen LogP contribution is -2.45. The highest BCUT2D eigenvalue weighted by Crippen LogP contribution is 2.25. The van der Waals surface area contributed by atoms with E-state index >= 15 is 0 Å². The molecule has 1 aromatic heterocycles. The summed E-state index contributed by atoms with van der Waals surface area (Å²) in [6.07, 6.45) is 4.84. The van der Waals surface area contributed by atoms with Gasteiger partial charge >= 0.3 is 0 Å². The fourth-order valence-electron chi connectivity index (χ4n) is 3.99. The summed E-state index contributed by atoms with van der Waals surface area (Å²) >= 11 is 0. The SMILES string of the molecule is O=C(NC1CCN(c2ccccc2C(=O)NCc2ccncc2)CC1)c1ccc([N+](=O)[O-])cc1. The van der Waals surface area contributed by atoms with Crippen LogP contribution in [0, 0.1) is 10.1 Å². The molecule has 0 saturated carbocycles. The van der Waals surface area contributed by atoms with Crippen molar-refractivity contribution in [3.8, 4) is 0 Å². The predicted molar refractivity (Wildman–Crippen MR) is 128 cm³/mol. The molecule has 34 heavy (non-hydrogen) atoms. The van der Waals surface area contributed by atoms with Crippen molar-refractivity contribution in [1.82, 2.24) is 15.6 Å². The summed E-state index contributed by atoms with van der Waals surface area (Å²) in [5.74, 6) is -0.384. The number of pyridine rings is 1. The van der Waals surface area contributed by atoms with Crippen molar-refractivity contribution in [2.45, 2.75) is 25.4 Å². The third-order valence-electron chi connectivity index (χ3n) is 5.86. The van der Waals surface area contributed by atoms with Gasteiger partial charge in [0.2, 0.25) is 0 Å². The first-order valence-corrected chi connectivity index (χ1v) is 11.1. The number of amides is 2. The summed E-state index contributed by atoms with van der Waals surface area (Å²) in [5, 5.41) is 16.8. The van der Waals surface area contributed by atoms with E-state index in [4.69, 9.17) is 0 Å². The molecule has 0 radical (unpaired) electrons. The zero-order chi connectivity index (χ0) is 23.9. The number of aromatic nitrogens is 1. The lowest BCUT2D eigenvalue weighted by Gasteiger charge is -2.35. The molecule has 9 nitrogen and oxygen atoms in total. The van der Waals surface area contributed by atoms with E-state index in [2.05, 4.69) is 20.5 Å². The van der Waals surface area contributed by atoms with E-state index < -0.39 is 4.92 Å². The van der Waals surface area contributed by atoms with E-state index in [1.807, 2.05) is 36.4 Å². The summed E-state index contributed by atoms with van der Waals surface area (Å²) < 4.78 is 0. The predicted octanol–water partition coefficient (Wildman–Crippen LogP) is 3.32. The van der Waals surface area contributed by atoms with Crippen LogP contribution in [0.3, 0.4) is 0 Å². The van der Waals surface area contributed by atoms with Crippen LogP contribution in [-0.4, -0.2) is 40.9 Å². The number of rotatable bonds is 7. The van der Waals surface area contributed by atoms with Gasteiger partial charge in [-0.25, -0.2) is 0 Å². The number of nitrogens with one attached hydrogen (secondary N) is 2. The normalized spacial score (nSPS) is 13.8. The van der Waals surface area contributed by atoms with Gasteiger partial charge < -0.3 is 15.5 Å². The lowest BCUT2D eigenvalue weighted by atomic mass is 10.0. The molecule has 1 aliphatic rings. The summed E-state index contributed by atoms with van der Waals surface area (Å²) in [4.78, 5) is 41.8. The number of carbonyl (C=O) groups is 2. The van der Waals surface area contributed by atoms with Gasteiger partial charge in [0.25, 0.3) is 17.5 Å². The number of hydrogen-bond acceptors (Lipinski definition) is 6. The van der Waals surface area contributed by atoms with Gasteiger partial charge in [0, 0.05) is 61.5 Å². The van der Waals surface area contributed by atoms with Gasteiger partial charge in [-0.05, 0) is 54.8 Å². The van der Waals surface area contributed by atoms with Crippen molar-refractivity contribution in [3.63, 3.8) is 0 Å². The Morgan fingerprint density at radius 2 is 1.65 bits per heavy atom. The highest BCUT2D eigenvalue weighted by Gasteiger charge is 2.24.